The number of ether oxygens (including phenoxy) is 1. The first-order chi connectivity index (χ1) is 8.14. The molecule has 0 aliphatic heterocycles. The lowest BCUT2D eigenvalue weighted by molar-refractivity contribution is -0.143. The molecule has 1 atom stereocenters. The van der Waals surface area contributed by atoms with E-state index in [9.17, 15) is 9.90 Å². The molecule has 0 aromatic heterocycles. The van der Waals surface area contributed by atoms with Crippen LogP contribution in [0.5, 0.6) is 5.75 Å². The summed E-state index contributed by atoms with van der Waals surface area (Å²) in [7, 11) is 0. The van der Waals surface area contributed by atoms with Crippen molar-refractivity contribution in [1.82, 2.24) is 0 Å². The van der Waals surface area contributed by atoms with Gasteiger partial charge in [0, 0.05) is 6.08 Å². The number of nitrogens with zero attached hydrogens (tertiary/aromatic N) is 1. The predicted molar refractivity (Wildman–Crippen MR) is 62.0 cm³/mol. The van der Waals surface area contributed by atoms with Gasteiger partial charge in [-0.1, -0.05) is 12.1 Å². The monoisotopic (exact) mass is 229 g/mol. The molecule has 86 valence electrons. The van der Waals surface area contributed by atoms with Gasteiger partial charge in [-0.15, -0.1) is 0 Å². The van der Waals surface area contributed by atoms with Crippen molar-refractivity contribution in [2.75, 3.05) is 6.61 Å². The maximum Gasteiger partial charge on any atom is 0.402 e. The molecule has 0 amide bonds. The van der Waals surface area contributed by atoms with Gasteiger partial charge in [0.2, 0.25) is 0 Å². The van der Waals surface area contributed by atoms with Crippen molar-refractivity contribution in [3.05, 3.63) is 47.3 Å². The highest BCUT2D eigenvalue weighted by Crippen LogP contribution is 2.47. The van der Waals surface area contributed by atoms with E-state index in [-0.39, 0.29) is 12.4 Å². The highest BCUT2D eigenvalue weighted by atomic mass is 16.5. The van der Waals surface area contributed by atoms with Crippen molar-refractivity contribution in [2.24, 2.45) is 0 Å². The summed E-state index contributed by atoms with van der Waals surface area (Å²) in [6.07, 6.45) is 1.56. The van der Waals surface area contributed by atoms with E-state index in [1.54, 1.807) is 25.1 Å². The molecule has 1 aliphatic rings. The van der Waals surface area contributed by atoms with Crippen LogP contribution in [0.3, 0.4) is 0 Å². The van der Waals surface area contributed by atoms with Crippen LogP contribution in [-0.2, 0) is 9.53 Å². The maximum atomic E-state index is 11.7. The van der Waals surface area contributed by atoms with Crippen LogP contribution in [0.15, 0.2) is 30.3 Å². The van der Waals surface area contributed by atoms with Crippen LogP contribution >= 0.6 is 0 Å². The number of carbonyl (C=O) groups excluding carboxylic acids is 1. The van der Waals surface area contributed by atoms with Gasteiger partial charge in [0.25, 0.3) is 0 Å². The van der Waals surface area contributed by atoms with Gasteiger partial charge < -0.3 is 9.84 Å². The fourth-order valence-electron chi connectivity index (χ4n) is 1.70. The van der Waals surface area contributed by atoms with Gasteiger partial charge in [0.15, 0.2) is 0 Å². The molecular formula is C13H11NO3. The zero-order chi connectivity index (χ0) is 12.5. The smallest absolute Gasteiger partial charge is 0.402 e. The molecule has 0 spiro atoms. The summed E-state index contributed by atoms with van der Waals surface area (Å²) >= 11 is 0. The van der Waals surface area contributed by atoms with Crippen molar-refractivity contribution in [3.8, 4) is 5.75 Å². The zero-order valence-corrected chi connectivity index (χ0v) is 9.30. The Hall–Kier alpha value is -2.28. The molecule has 1 aromatic carbocycles. The summed E-state index contributed by atoms with van der Waals surface area (Å²) in [4.78, 5) is 15.0. The Morgan fingerprint density at radius 2 is 2.35 bits per heavy atom. The quantitative estimate of drug-likeness (QED) is 0.637. The molecule has 0 saturated carbocycles. The normalized spacial score (nSPS) is 21.3. The standard InChI is InChI=1S/C13H11NO3/c1-3-17-12(16)13(14-2)8-11(13)9-5-4-6-10(15)7-9/h4-8,15H,3H2,1H3/t13-/m0/s1. The van der Waals surface area contributed by atoms with Gasteiger partial charge in [-0.2, -0.15) is 0 Å². The van der Waals surface area contributed by atoms with Gasteiger partial charge >= 0.3 is 11.5 Å². The SMILES string of the molecule is [C-]#[N+][C@@]1(C(=O)OCC)C=C1c1cccc(O)c1. The average molecular weight is 229 g/mol. The van der Waals surface area contributed by atoms with Gasteiger partial charge in [0.1, 0.15) is 5.75 Å². The molecule has 1 aromatic rings. The molecule has 1 aliphatic carbocycles. The lowest BCUT2D eigenvalue weighted by Crippen LogP contribution is -2.25. The minimum atomic E-state index is -1.27. The van der Waals surface area contributed by atoms with Crippen molar-refractivity contribution in [2.45, 2.75) is 12.5 Å². The number of hydrogen-bond acceptors (Lipinski definition) is 3. The Morgan fingerprint density at radius 3 is 2.94 bits per heavy atom. The summed E-state index contributed by atoms with van der Waals surface area (Å²) in [5.74, 6) is -0.439. The molecule has 4 nitrogen and oxygen atoms in total. The molecule has 0 heterocycles. The highest BCUT2D eigenvalue weighted by molar-refractivity contribution is 6.13. The van der Waals surface area contributed by atoms with Crippen LogP contribution in [0.25, 0.3) is 10.4 Å². The Labute approximate surface area is 99.0 Å². The van der Waals surface area contributed by atoms with E-state index >= 15 is 0 Å². The van der Waals surface area contributed by atoms with Gasteiger partial charge in [0.05, 0.1) is 12.2 Å². The number of aromatic hydroxyl groups is 1. The summed E-state index contributed by atoms with van der Waals surface area (Å²) in [5.41, 5.74) is -0.0000203. The summed E-state index contributed by atoms with van der Waals surface area (Å²) in [6, 6.07) is 6.48. The third kappa shape index (κ3) is 1.76. The Balaban J connectivity index is 2.25. The van der Waals surface area contributed by atoms with Crippen LogP contribution < -0.4 is 0 Å². The van der Waals surface area contributed by atoms with E-state index in [2.05, 4.69) is 4.85 Å². The number of carbonyl (C=O) groups is 1. The Morgan fingerprint density at radius 1 is 1.59 bits per heavy atom. The van der Waals surface area contributed by atoms with Crippen LogP contribution in [0.4, 0.5) is 0 Å². The van der Waals surface area contributed by atoms with Gasteiger partial charge in [-0.25, -0.2) is 11.4 Å². The number of esters is 1. The second-order valence-corrected chi connectivity index (χ2v) is 3.71. The maximum absolute atomic E-state index is 11.7. The fraction of sp³-hybridized carbons (Fsp3) is 0.231. The van der Waals surface area contributed by atoms with Crippen LogP contribution in [0.2, 0.25) is 0 Å². The van der Waals surface area contributed by atoms with E-state index in [0.29, 0.717) is 11.1 Å². The van der Waals surface area contributed by atoms with Gasteiger partial charge in [-0.3, -0.25) is 4.85 Å². The highest BCUT2D eigenvalue weighted by Gasteiger charge is 2.61. The number of benzene rings is 1. The fourth-order valence-corrected chi connectivity index (χ4v) is 1.70. The van der Waals surface area contributed by atoms with E-state index in [1.807, 2.05) is 0 Å². The second kappa shape index (κ2) is 3.95. The third-order valence-corrected chi connectivity index (χ3v) is 2.60. The molecule has 1 N–H and O–H groups in total. The molecule has 2 rings (SSSR count). The van der Waals surface area contributed by atoms with Crippen molar-refractivity contribution in [3.63, 3.8) is 0 Å². The molecule has 17 heavy (non-hydrogen) atoms. The van der Waals surface area contributed by atoms with Crippen LogP contribution in [0.1, 0.15) is 12.5 Å². The first-order valence-electron chi connectivity index (χ1n) is 5.22. The molecule has 0 saturated heterocycles. The molecule has 4 heteroatoms. The third-order valence-electron chi connectivity index (χ3n) is 2.60. The topological polar surface area (TPSA) is 50.9 Å². The average Bonchev–Trinajstić information content (AvgIpc) is 3.05. The second-order valence-electron chi connectivity index (χ2n) is 3.71. The van der Waals surface area contributed by atoms with Crippen molar-refractivity contribution in [1.29, 1.82) is 0 Å². The first kappa shape index (κ1) is 11.2. The number of rotatable bonds is 3. The molecule has 0 fully saturated rings. The Kier molecular flexibility index (Phi) is 2.60. The zero-order valence-electron chi connectivity index (χ0n) is 9.30. The minimum Gasteiger partial charge on any atom is -0.508 e. The Bertz CT molecular complexity index is 542. The molecule has 0 radical (unpaired) electrons. The van der Waals surface area contributed by atoms with Gasteiger partial charge in [-0.05, 0) is 24.6 Å². The number of phenols is 1. The van der Waals surface area contributed by atoms with E-state index in [1.165, 1.54) is 12.1 Å². The molecular weight excluding hydrogens is 218 g/mol. The van der Waals surface area contributed by atoms with Crippen LogP contribution in [0, 0.1) is 6.57 Å². The van der Waals surface area contributed by atoms with E-state index in [4.69, 9.17) is 11.3 Å². The molecule has 0 unspecified atom stereocenters. The molecule has 0 bridgehead atoms. The van der Waals surface area contributed by atoms with E-state index < -0.39 is 11.5 Å². The number of hydrogen-bond donors (Lipinski definition) is 1. The van der Waals surface area contributed by atoms with Crippen molar-refractivity contribution < 1.29 is 14.6 Å². The largest absolute Gasteiger partial charge is 0.508 e. The minimum absolute atomic E-state index is 0.109. The predicted octanol–water partition coefficient (Wildman–Crippen LogP) is 2.01. The van der Waals surface area contributed by atoms with Crippen LogP contribution in [-0.4, -0.2) is 23.2 Å². The van der Waals surface area contributed by atoms with E-state index in [0.717, 1.165) is 0 Å². The van der Waals surface area contributed by atoms with Crippen molar-refractivity contribution >= 4 is 11.5 Å². The first-order valence-corrected chi connectivity index (χ1v) is 5.22. The summed E-state index contributed by atoms with van der Waals surface area (Å²) in [6.45, 7) is 9.07. The summed E-state index contributed by atoms with van der Waals surface area (Å²) < 4.78 is 4.87. The number of phenolic OH excluding ortho intramolecular Hbond substituents is 1. The lowest BCUT2D eigenvalue weighted by Gasteiger charge is -2.05. The summed E-state index contributed by atoms with van der Waals surface area (Å²) in [5, 5.41) is 9.35. The lowest BCUT2D eigenvalue weighted by atomic mass is 10.1.